The molecule has 0 aliphatic carbocycles. The summed E-state index contributed by atoms with van der Waals surface area (Å²) in [6, 6.07) is 30.3. The van der Waals surface area contributed by atoms with Gasteiger partial charge >= 0.3 is 0 Å². The summed E-state index contributed by atoms with van der Waals surface area (Å²) in [5.74, 6) is 0.246. The van der Waals surface area contributed by atoms with Crippen molar-refractivity contribution in [3.8, 4) is 16.9 Å². The minimum Gasteiger partial charge on any atom is -0.505 e. The molecular weight excluding hydrogens is 342 g/mol. The van der Waals surface area contributed by atoms with Crippen LogP contribution in [0.25, 0.3) is 23.3 Å². The third-order valence-electron chi connectivity index (χ3n) is 4.68. The van der Waals surface area contributed by atoms with E-state index in [0.717, 1.165) is 27.8 Å². The number of rotatable bonds is 5. The van der Waals surface area contributed by atoms with Gasteiger partial charge in [0.15, 0.2) is 0 Å². The number of aromatic nitrogens is 1. The highest BCUT2D eigenvalue weighted by molar-refractivity contribution is 5.76. The fourth-order valence-corrected chi connectivity index (χ4v) is 3.22. The Kier molecular flexibility index (Phi) is 5.30. The molecule has 0 spiro atoms. The van der Waals surface area contributed by atoms with Crippen LogP contribution in [0.3, 0.4) is 0 Å². The van der Waals surface area contributed by atoms with Crippen molar-refractivity contribution in [2.45, 2.75) is 6.42 Å². The Morgan fingerprint density at radius 1 is 0.714 bits per heavy atom. The third-order valence-corrected chi connectivity index (χ3v) is 4.68. The van der Waals surface area contributed by atoms with Gasteiger partial charge in [-0.1, -0.05) is 91.0 Å². The Morgan fingerprint density at radius 2 is 1.39 bits per heavy atom. The zero-order valence-corrected chi connectivity index (χ0v) is 15.5. The lowest BCUT2D eigenvalue weighted by molar-refractivity contribution is 0.467. The predicted molar refractivity (Wildman–Crippen MR) is 116 cm³/mol. The number of nitrogens with zero attached hydrogens (tertiary/aromatic N) is 1. The minimum absolute atomic E-state index is 0.246. The number of aromatic hydroxyl groups is 1. The van der Waals surface area contributed by atoms with E-state index in [2.05, 4.69) is 41.4 Å². The van der Waals surface area contributed by atoms with Crippen molar-refractivity contribution in [2.24, 2.45) is 0 Å². The molecule has 1 heterocycles. The van der Waals surface area contributed by atoms with Crippen molar-refractivity contribution in [1.29, 1.82) is 0 Å². The molecule has 136 valence electrons. The average Bonchev–Trinajstić information content (AvgIpc) is 2.75. The van der Waals surface area contributed by atoms with E-state index < -0.39 is 0 Å². The van der Waals surface area contributed by atoms with Gasteiger partial charge in [0, 0.05) is 18.2 Å². The van der Waals surface area contributed by atoms with Gasteiger partial charge in [0.2, 0.25) is 0 Å². The molecule has 0 fully saturated rings. The van der Waals surface area contributed by atoms with E-state index in [1.807, 2.05) is 66.7 Å². The largest absolute Gasteiger partial charge is 0.505 e. The van der Waals surface area contributed by atoms with E-state index in [0.29, 0.717) is 12.1 Å². The number of hydrogen-bond donors (Lipinski definition) is 1. The summed E-state index contributed by atoms with van der Waals surface area (Å²) in [6.45, 7) is 0. The monoisotopic (exact) mass is 363 g/mol. The molecule has 4 aromatic rings. The summed E-state index contributed by atoms with van der Waals surface area (Å²) in [5, 5.41) is 10.8. The van der Waals surface area contributed by atoms with E-state index in [1.54, 1.807) is 6.20 Å². The predicted octanol–water partition coefficient (Wildman–Crippen LogP) is 6.22. The van der Waals surface area contributed by atoms with Gasteiger partial charge in [-0.05, 0) is 34.4 Å². The fourth-order valence-electron chi connectivity index (χ4n) is 3.22. The van der Waals surface area contributed by atoms with E-state index >= 15 is 0 Å². The summed E-state index contributed by atoms with van der Waals surface area (Å²) in [5.41, 5.74) is 5.84. The number of hydrogen-bond acceptors (Lipinski definition) is 2. The summed E-state index contributed by atoms with van der Waals surface area (Å²) in [4.78, 5) is 4.39. The molecular formula is C26H21NO. The first-order valence-corrected chi connectivity index (χ1v) is 9.34. The molecule has 3 aromatic carbocycles. The summed E-state index contributed by atoms with van der Waals surface area (Å²) >= 11 is 0. The second kappa shape index (κ2) is 8.36. The highest BCUT2D eigenvalue weighted by Gasteiger charge is 2.11. The van der Waals surface area contributed by atoms with Crippen LogP contribution in [0.4, 0.5) is 0 Å². The second-order valence-electron chi connectivity index (χ2n) is 6.69. The standard InChI is InChI=1S/C26H21NO/c28-26-24(16-17-27-25(26)19-21-10-5-2-6-11-21)23-13-7-12-22(18-23)15-14-20-8-3-1-4-9-20/h1-18,28H,19H2. The van der Waals surface area contributed by atoms with Gasteiger partial charge in [-0.2, -0.15) is 0 Å². The first-order chi connectivity index (χ1) is 13.8. The Bertz CT molecular complexity index is 1090. The SMILES string of the molecule is Oc1c(-c2cccc(C=Cc3ccccc3)c2)ccnc1Cc1ccccc1. The van der Waals surface area contributed by atoms with Crippen molar-refractivity contribution >= 4 is 12.2 Å². The topological polar surface area (TPSA) is 33.1 Å². The molecule has 0 saturated carbocycles. The first kappa shape index (κ1) is 17.7. The lowest BCUT2D eigenvalue weighted by Gasteiger charge is -2.10. The van der Waals surface area contributed by atoms with Crippen molar-refractivity contribution in [1.82, 2.24) is 4.98 Å². The molecule has 0 aliphatic heterocycles. The Labute approximate surface area is 165 Å². The number of benzene rings is 3. The lowest BCUT2D eigenvalue weighted by atomic mass is 10.00. The van der Waals surface area contributed by atoms with Gasteiger partial charge in [0.1, 0.15) is 5.75 Å². The van der Waals surface area contributed by atoms with Crippen LogP contribution in [0.5, 0.6) is 5.75 Å². The van der Waals surface area contributed by atoms with Crippen molar-refractivity contribution in [3.63, 3.8) is 0 Å². The summed E-state index contributed by atoms with van der Waals surface area (Å²) in [7, 11) is 0. The van der Waals surface area contributed by atoms with Crippen molar-refractivity contribution in [2.75, 3.05) is 0 Å². The zero-order chi connectivity index (χ0) is 19.2. The molecule has 2 nitrogen and oxygen atoms in total. The summed E-state index contributed by atoms with van der Waals surface area (Å²) < 4.78 is 0. The van der Waals surface area contributed by atoms with Crippen LogP contribution in [0.1, 0.15) is 22.4 Å². The van der Waals surface area contributed by atoms with Crippen LogP contribution in [0, 0.1) is 0 Å². The molecule has 4 rings (SSSR count). The maximum absolute atomic E-state index is 10.8. The molecule has 0 atom stereocenters. The smallest absolute Gasteiger partial charge is 0.145 e. The molecule has 0 unspecified atom stereocenters. The molecule has 1 N–H and O–H groups in total. The molecule has 0 aliphatic rings. The van der Waals surface area contributed by atoms with Gasteiger partial charge < -0.3 is 5.11 Å². The van der Waals surface area contributed by atoms with Crippen LogP contribution in [0.15, 0.2) is 97.2 Å². The van der Waals surface area contributed by atoms with Crippen LogP contribution < -0.4 is 0 Å². The molecule has 2 heteroatoms. The van der Waals surface area contributed by atoms with Crippen molar-refractivity contribution in [3.05, 3.63) is 120 Å². The Balaban J connectivity index is 1.62. The van der Waals surface area contributed by atoms with Crippen LogP contribution >= 0.6 is 0 Å². The van der Waals surface area contributed by atoms with Gasteiger partial charge in [-0.3, -0.25) is 4.98 Å². The third kappa shape index (κ3) is 4.18. The number of pyridine rings is 1. The molecule has 0 bridgehead atoms. The normalized spacial score (nSPS) is 11.0. The van der Waals surface area contributed by atoms with Crippen molar-refractivity contribution < 1.29 is 5.11 Å². The van der Waals surface area contributed by atoms with E-state index in [4.69, 9.17) is 0 Å². The Morgan fingerprint density at radius 3 is 2.18 bits per heavy atom. The molecule has 28 heavy (non-hydrogen) atoms. The van der Waals surface area contributed by atoms with Gasteiger partial charge in [-0.25, -0.2) is 0 Å². The zero-order valence-electron chi connectivity index (χ0n) is 15.5. The quantitative estimate of drug-likeness (QED) is 0.427. The highest BCUT2D eigenvalue weighted by Crippen LogP contribution is 2.32. The van der Waals surface area contributed by atoms with E-state index in [-0.39, 0.29) is 5.75 Å². The fraction of sp³-hybridized carbons (Fsp3) is 0.0385. The van der Waals surface area contributed by atoms with Crippen LogP contribution in [-0.2, 0) is 6.42 Å². The lowest BCUT2D eigenvalue weighted by Crippen LogP contribution is -1.94. The van der Waals surface area contributed by atoms with Gasteiger partial charge in [0.05, 0.1) is 5.69 Å². The second-order valence-corrected chi connectivity index (χ2v) is 6.69. The highest BCUT2D eigenvalue weighted by atomic mass is 16.3. The van der Waals surface area contributed by atoms with Crippen LogP contribution in [-0.4, -0.2) is 10.1 Å². The maximum Gasteiger partial charge on any atom is 0.145 e. The van der Waals surface area contributed by atoms with E-state index in [1.165, 1.54) is 0 Å². The molecule has 0 saturated heterocycles. The van der Waals surface area contributed by atoms with Crippen LogP contribution in [0.2, 0.25) is 0 Å². The minimum atomic E-state index is 0.246. The average molecular weight is 363 g/mol. The first-order valence-electron chi connectivity index (χ1n) is 9.34. The van der Waals surface area contributed by atoms with Gasteiger partial charge in [-0.15, -0.1) is 0 Å². The molecule has 0 amide bonds. The maximum atomic E-state index is 10.8. The Hall–Kier alpha value is -3.65. The molecule has 1 aromatic heterocycles. The molecule has 0 radical (unpaired) electrons. The summed E-state index contributed by atoms with van der Waals surface area (Å²) in [6.07, 6.45) is 6.54. The van der Waals surface area contributed by atoms with E-state index in [9.17, 15) is 5.11 Å². The van der Waals surface area contributed by atoms with Gasteiger partial charge in [0.25, 0.3) is 0 Å².